The minimum Gasteiger partial charge on any atom is -0.0610 e. The molecule has 0 aliphatic carbocycles. The summed E-state index contributed by atoms with van der Waals surface area (Å²) in [5.74, 6) is 0. The first-order valence-corrected chi connectivity index (χ1v) is 17.5. The third-order valence-electron chi connectivity index (χ3n) is 11.5. The quantitative estimate of drug-likeness (QED) is 0.167. The second kappa shape index (κ2) is 9.56. The number of benzene rings is 12. The van der Waals surface area contributed by atoms with Gasteiger partial charge >= 0.3 is 0 Å². The molecule has 0 nitrogen and oxygen atoms in total. The van der Waals surface area contributed by atoms with Crippen molar-refractivity contribution in [2.75, 3.05) is 0 Å². The van der Waals surface area contributed by atoms with Crippen LogP contribution in [0.1, 0.15) is 0 Å². The molecule has 0 heterocycles. The van der Waals surface area contributed by atoms with Crippen molar-refractivity contribution in [2.45, 2.75) is 0 Å². The first-order valence-electron chi connectivity index (χ1n) is 17.5. The largest absolute Gasteiger partial charge is 0.0610 e. The summed E-state index contributed by atoms with van der Waals surface area (Å²) in [7, 11) is 0. The van der Waals surface area contributed by atoms with E-state index in [1.165, 1.54) is 119 Å². The lowest BCUT2D eigenvalue weighted by atomic mass is 9.88. The van der Waals surface area contributed by atoms with Crippen LogP contribution in [0.25, 0.3) is 119 Å². The fraction of sp³-hybridized carbons (Fsp3) is 0. The van der Waals surface area contributed by atoms with Crippen LogP contribution in [0.15, 0.2) is 170 Å². The highest BCUT2D eigenvalue weighted by Gasteiger charge is 2.15. The molecule has 0 N–H and O–H groups in total. The van der Waals surface area contributed by atoms with Crippen molar-refractivity contribution in [1.29, 1.82) is 0 Å². The molecule has 50 heavy (non-hydrogen) atoms. The highest BCUT2D eigenvalue weighted by Crippen LogP contribution is 2.43. The second-order valence-corrected chi connectivity index (χ2v) is 14.0. The maximum Gasteiger partial charge on any atom is -0.00206 e. The summed E-state index contributed by atoms with van der Waals surface area (Å²) in [6.07, 6.45) is 0. The van der Waals surface area contributed by atoms with Gasteiger partial charge in [-0.15, -0.1) is 0 Å². The molecule has 0 aliphatic rings. The van der Waals surface area contributed by atoms with Gasteiger partial charge in [-0.1, -0.05) is 158 Å². The van der Waals surface area contributed by atoms with Crippen molar-refractivity contribution in [3.63, 3.8) is 0 Å². The maximum absolute atomic E-state index is 2.42. The van der Waals surface area contributed by atoms with Crippen molar-refractivity contribution in [3.05, 3.63) is 170 Å². The zero-order chi connectivity index (χ0) is 32.5. The summed E-state index contributed by atoms with van der Waals surface area (Å²) in [6, 6.07) is 64.0. The first kappa shape index (κ1) is 26.5. The zero-order valence-corrected chi connectivity index (χ0v) is 27.2. The van der Waals surface area contributed by atoms with Crippen molar-refractivity contribution in [3.8, 4) is 22.3 Å². The van der Waals surface area contributed by atoms with Crippen LogP contribution in [-0.4, -0.2) is 0 Å². The van der Waals surface area contributed by atoms with E-state index in [9.17, 15) is 0 Å². The van der Waals surface area contributed by atoms with Gasteiger partial charge in [0.2, 0.25) is 0 Å². The van der Waals surface area contributed by atoms with E-state index >= 15 is 0 Å². The highest BCUT2D eigenvalue weighted by atomic mass is 14.2. The summed E-state index contributed by atoms with van der Waals surface area (Å²) >= 11 is 0. The Hall–Kier alpha value is -6.50. The van der Waals surface area contributed by atoms with Gasteiger partial charge in [0, 0.05) is 0 Å². The molecule has 0 saturated carbocycles. The number of fused-ring (bicyclic) bond motifs is 5. The molecule has 0 unspecified atom stereocenters. The normalized spacial score (nSPS) is 12.4. The van der Waals surface area contributed by atoms with E-state index in [0.29, 0.717) is 0 Å². The second-order valence-electron chi connectivity index (χ2n) is 14.0. The Labute approximate surface area is 288 Å². The summed E-state index contributed by atoms with van der Waals surface area (Å²) in [5.41, 5.74) is 5.08. The minimum atomic E-state index is 1.26. The Morgan fingerprint density at radius 2 is 0.520 bits per heavy atom. The van der Waals surface area contributed by atoms with Crippen molar-refractivity contribution < 1.29 is 0 Å². The molecule has 0 spiro atoms. The summed E-state index contributed by atoms with van der Waals surface area (Å²) in [4.78, 5) is 0. The van der Waals surface area contributed by atoms with Crippen LogP contribution in [0.2, 0.25) is 0 Å². The SMILES string of the molecule is c1cc2ccc3ccc(-c4ccc5ccc6c7cc(-c8ccc9ccc%10cccc%11ccc8c9c%10%11)ccc7ccc6c5c4)c4ccc(c1)c2c34. The van der Waals surface area contributed by atoms with Crippen LogP contribution >= 0.6 is 0 Å². The molecule has 12 aromatic rings. The minimum absolute atomic E-state index is 1.26. The molecule has 0 radical (unpaired) electrons. The molecule has 12 rings (SSSR count). The Morgan fingerprint density at radius 3 is 0.960 bits per heavy atom. The van der Waals surface area contributed by atoms with Gasteiger partial charge in [-0.05, 0) is 131 Å². The van der Waals surface area contributed by atoms with Crippen LogP contribution in [0, 0.1) is 0 Å². The Bertz CT molecular complexity index is 3100. The lowest BCUT2D eigenvalue weighted by molar-refractivity contribution is 1.70. The Balaban J connectivity index is 1.07. The van der Waals surface area contributed by atoms with E-state index in [-0.39, 0.29) is 0 Å². The lowest BCUT2D eigenvalue weighted by Gasteiger charge is -2.16. The van der Waals surface area contributed by atoms with E-state index in [1.54, 1.807) is 0 Å². The van der Waals surface area contributed by atoms with Crippen LogP contribution in [0.4, 0.5) is 0 Å². The van der Waals surface area contributed by atoms with Gasteiger partial charge in [-0.3, -0.25) is 0 Å². The zero-order valence-electron chi connectivity index (χ0n) is 27.2. The van der Waals surface area contributed by atoms with Gasteiger partial charge in [0.05, 0.1) is 0 Å². The monoisotopic (exact) mass is 628 g/mol. The summed E-state index contributed by atoms with van der Waals surface area (Å²) < 4.78 is 0. The summed E-state index contributed by atoms with van der Waals surface area (Å²) in [6.45, 7) is 0. The van der Waals surface area contributed by atoms with Gasteiger partial charge in [0.1, 0.15) is 0 Å². The molecule has 12 aromatic carbocycles. The predicted molar refractivity (Wildman–Crippen MR) is 217 cm³/mol. The molecule has 0 bridgehead atoms. The maximum atomic E-state index is 2.42. The van der Waals surface area contributed by atoms with Gasteiger partial charge in [-0.25, -0.2) is 0 Å². The van der Waals surface area contributed by atoms with E-state index in [2.05, 4.69) is 170 Å². The van der Waals surface area contributed by atoms with E-state index in [0.717, 1.165) is 0 Å². The standard InChI is InChI=1S/C50H28/c1-3-31-9-11-35-17-21-39(43-25-19-33(5-1)47(31)49(35)43)37-13-7-29-15-24-42-41(45(29)27-37)23-16-30-8-14-38(28-46(30)42)40-22-18-36-12-10-32-4-2-6-34-20-26-44(40)50(36)48(32)34/h1-28H. The van der Waals surface area contributed by atoms with Crippen LogP contribution in [-0.2, 0) is 0 Å². The van der Waals surface area contributed by atoms with Crippen LogP contribution in [0.3, 0.4) is 0 Å². The van der Waals surface area contributed by atoms with E-state index < -0.39 is 0 Å². The molecule has 0 fully saturated rings. The first-order chi connectivity index (χ1) is 24.8. The van der Waals surface area contributed by atoms with Gasteiger partial charge in [-0.2, -0.15) is 0 Å². The smallest absolute Gasteiger partial charge is 0.00206 e. The molecule has 0 atom stereocenters. The third-order valence-corrected chi connectivity index (χ3v) is 11.5. The predicted octanol–water partition coefficient (Wildman–Crippen LogP) is 14.3. The van der Waals surface area contributed by atoms with Crippen molar-refractivity contribution >= 4 is 97.0 Å². The molecular weight excluding hydrogens is 601 g/mol. The molecule has 228 valence electrons. The number of rotatable bonds is 2. The Morgan fingerprint density at radius 1 is 0.200 bits per heavy atom. The molecule has 0 aliphatic heterocycles. The fourth-order valence-electron chi connectivity index (χ4n) is 9.17. The molecule has 0 aromatic heterocycles. The number of hydrogen-bond acceptors (Lipinski definition) is 0. The lowest BCUT2D eigenvalue weighted by Crippen LogP contribution is -1.88. The molecule has 0 saturated heterocycles. The van der Waals surface area contributed by atoms with Gasteiger partial charge < -0.3 is 0 Å². The van der Waals surface area contributed by atoms with Crippen molar-refractivity contribution in [1.82, 2.24) is 0 Å². The topological polar surface area (TPSA) is 0 Å². The average Bonchev–Trinajstić information content (AvgIpc) is 3.18. The molecular formula is C50H28. The summed E-state index contributed by atoms with van der Waals surface area (Å²) in [5, 5.41) is 23.6. The van der Waals surface area contributed by atoms with E-state index in [1.807, 2.05) is 0 Å². The average molecular weight is 629 g/mol. The van der Waals surface area contributed by atoms with Crippen LogP contribution in [0.5, 0.6) is 0 Å². The molecule has 0 amide bonds. The Kier molecular flexibility index (Phi) is 5.06. The van der Waals surface area contributed by atoms with Gasteiger partial charge in [0.25, 0.3) is 0 Å². The van der Waals surface area contributed by atoms with Crippen LogP contribution < -0.4 is 0 Å². The number of hydrogen-bond donors (Lipinski definition) is 0. The molecule has 0 heteroatoms. The highest BCUT2D eigenvalue weighted by molar-refractivity contribution is 6.27. The van der Waals surface area contributed by atoms with Gasteiger partial charge in [0.15, 0.2) is 0 Å². The third kappa shape index (κ3) is 3.50. The van der Waals surface area contributed by atoms with E-state index in [4.69, 9.17) is 0 Å². The fourth-order valence-corrected chi connectivity index (χ4v) is 9.17. The van der Waals surface area contributed by atoms with Crippen molar-refractivity contribution in [2.24, 2.45) is 0 Å².